The Labute approximate surface area is 131 Å². The molecule has 0 bridgehead atoms. The van der Waals surface area contributed by atoms with Crippen LogP contribution in [0.4, 0.5) is 25.0 Å². The van der Waals surface area contributed by atoms with Gasteiger partial charge in [-0.25, -0.2) is 22.0 Å². The summed E-state index contributed by atoms with van der Waals surface area (Å²) in [6, 6.07) is 7.91. The molecule has 2 rings (SSSR count). The second-order valence-corrected chi connectivity index (χ2v) is 6.06. The summed E-state index contributed by atoms with van der Waals surface area (Å²) in [7, 11) is -2.97. The third-order valence-electron chi connectivity index (χ3n) is 2.81. The fourth-order valence-electron chi connectivity index (χ4n) is 1.76. The van der Waals surface area contributed by atoms with Crippen molar-refractivity contribution >= 4 is 27.4 Å². The number of amides is 2. The van der Waals surface area contributed by atoms with E-state index in [4.69, 9.17) is 0 Å². The van der Waals surface area contributed by atoms with Crippen molar-refractivity contribution in [3.63, 3.8) is 0 Å². The Hall–Kier alpha value is -2.68. The van der Waals surface area contributed by atoms with E-state index in [0.29, 0.717) is 5.69 Å². The first-order valence-corrected chi connectivity index (χ1v) is 7.87. The molecule has 0 saturated carbocycles. The summed E-state index contributed by atoms with van der Waals surface area (Å²) < 4.78 is 53.4. The molecule has 23 heavy (non-hydrogen) atoms. The highest BCUT2D eigenvalue weighted by Crippen LogP contribution is 2.22. The van der Waals surface area contributed by atoms with E-state index < -0.39 is 32.6 Å². The molecule has 9 heteroatoms. The van der Waals surface area contributed by atoms with Crippen LogP contribution in [0.2, 0.25) is 0 Å². The van der Waals surface area contributed by atoms with Crippen LogP contribution >= 0.6 is 0 Å². The quantitative estimate of drug-likeness (QED) is 0.798. The van der Waals surface area contributed by atoms with Gasteiger partial charge in [-0.1, -0.05) is 6.07 Å². The van der Waals surface area contributed by atoms with Crippen molar-refractivity contribution in [2.75, 3.05) is 17.1 Å². The fourth-order valence-corrected chi connectivity index (χ4v) is 2.96. The van der Waals surface area contributed by atoms with Crippen molar-refractivity contribution in [3.8, 4) is 0 Å². The molecule has 2 amide bonds. The molecule has 122 valence electrons. The maximum absolute atomic E-state index is 13.6. The van der Waals surface area contributed by atoms with E-state index in [1.807, 2.05) is 0 Å². The van der Waals surface area contributed by atoms with E-state index in [1.165, 1.54) is 31.3 Å². The van der Waals surface area contributed by atoms with Gasteiger partial charge in [0.15, 0.2) is 4.90 Å². The molecule has 0 spiro atoms. The van der Waals surface area contributed by atoms with Crippen LogP contribution < -0.4 is 15.4 Å². The summed E-state index contributed by atoms with van der Waals surface area (Å²) in [6.07, 6.45) is 0. The Balaban J connectivity index is 2.23. The molecule has 0 unspecified atom stereocenters. The second kappa shape index (κ2) is 6.61. The van der Waals surface area contributed by atoms with Crippen LogP contribution in [0.15, 0.2) is 47.4 Å². The van der Waals surface area contributed by atoms with Crippen LogP contribution in [0.25, 0.3) is 0 Å². The molecular formula is C14H13F2N3O3S. The van der Waals surface area contributed by atoms with Crippen LogP contribution in [0.5, 0.6) is 0 Å². The van der Waals surface area contributed by atoms with E-state index in [2.05, 4.69) is 15.4 Å². The van der Waals surface area contributed by atoms with Crippen molar-refractivity contribution in [2.45, 2.75) is 4.90 Å². The smallest absolute Gasteiger partial charge is 0.318 e. The summed E-state index contributed by atoms with van der Waals surface area (Å²) in [5.41, 5.74) is 0.513. The SMILES string of the molecule is CNC(=O)Nc1ccc(NS(=O)(=O)c2c(F)cccc2F)cc1. The average molecular weight is 341 g/mol. The van der Waals surface area contributed by atoms with Gasteiger partial charge in [-0.2, -0.15) is 0 Å². The number of hydrogen-bond donors (Lipinski definition) is 3. The van der Waals surface area contributed by atoms with E-state index >= 15 is 0 Å². The third-order valence-corrected chi connectivity index (χ3v) is 4.24. The van der Waals surface area contributed by atoms with Gasteiger partial charge in [0, 0.05) is 18.4 Å². The summed E-state index contributed by atoms with van der Waals surface area (Å²) >= 11 is 0. The molecule has 0 aromatic heterocycles. The molecule has 0 aliphatic heterocycles. The van der Waals surface area contributed by atoms with Crippen LogP contribution in [0.1, 0.15) is 0 Å². The zero-order chi connectivity index (χ0) is 17.0. The van der Waals surface area contributed by atoms with Crippen molar-refractivity contribution < 1.29 is 22.0 Å². The van der Waals surface area contributed by atoms with Crippen molar-refractivity contribution in [2.24, 2.45) is 0 Å². The van der Waals surface area contributed by atoms with E-state index in [-0.39, 0.29) is 5.69 Å². The molecular weight excluding hydrogens is 328 g/mol. The lowest BCUT2D eigenvalue weighted by molar-refractivity contribution is 0.254. The molecule has 0 fully saturated rings. The lowest BCUT2D eigenvalue weighted by Gasteiger charge is -2.10. The van der Waals surface area contributed by atoms with E-state index in [9.17, 15) is 22.0 Å². The molecule has 3 N–H and O–H groups in total. The van der Waals surface area contributed by atoms with Crippen LogP contribution in [-0.2, 0) is 10.0 Å². The fraction of sp³-hybridized carbons (Fsp3) is 0.0714. The van der Waals surface area contributed by atoms with Gasteiger partial charge in [0.25, 0.3) is 10.0 Å². The molecule has 2 aromatic carbocycles. The Morgan fingerprint density at radius 1 is 0.957 bits per heavy atom. The highest BCUT2D eigenvalue weighted by atomic mass is 32.2. The number of carbonyl (C=O) groups excluding carboxylic acids is 1. The number of carbonyl (C=O) groups is 1. The predicted molar refractivity (Wildman–Crippen MR) is 81.7 cm³/mol. The monoisotopic (exact) mass is 341 g/mol. The minimum absolute atomic E-state index is 0.0927. The van der Waals surface area contributed by atoms with Gasteiger partial charge >= 0.3 is 6.03 Å². The Bertz CT molecular complexity index is 803. The third kappa shape index (κ3) is 3.95. The number of anilines is 2. The predicted octanol–water partition coefficient (Wildman–Crippen LogP) is 2.52. The van der Waals surface area contributed by atoms with Crippen LogP contribution in [0, 0.1) is 11.6 Å². The van der Waals surface area contributed by atoms with E-state index in [1.54, 1.807) is 0 Å². The number of nitrogens with one attached hydrogen (secondary N) is 3. The first kappa shape index (κ1) is 16.7. The average Bonchev–Trinajstić information content (AvgIpc) is 2.48. The molecule has 0 radical (unpaired) electrons. The van der Waals surface area contributed by atoms with Gasteiger partial charge in [0.1, 0.15) is 11.6 Å². The zero-order valence-electron chi connectivity index (χ0n) is 11.9. The highest BCUT2D eigenvalue weighted by Gasteiger charge is 2.23. The molecule has 0 atom stereocenters. The first-order chi connectivity index (χ1) is 10.8. The topological polar surface area (TPSA) is 87.3 Å². The number of benzene rings is 2. The second-order valence-electron chi connectivity index (χ2n) is 4.44. The molecule has 0 heterocycles. The maximum atomic E-state index is 13.6. The number of urea groups is 1. The lowest BCUT2D eigenvalue weighted by atomic mass is 10.3. The van der Waals surface area contributed by atoms with Gasteiger partial charge in [-0.15, -0.1) is 0 Å². The minimum atomic E-state index is -4.41. The van der Waals surface area contributed by atoms with Crippen molar-refractivity contribution in [1.29, 1.82) is 0 Å². The van der Waals surface area contributed by atoms with Gasteiger partial charge in [0.05, 0.1) is 0 Å². The molecule has 0 aliphatic rings. The molecule has 0 saturated heterocycles. The summed E-state index contributed by atoms with van der Waals surface area (Å²) in [5, 5.41) is 4.84. The highest BCUT2D eigenvalue weighted by molar-refractivity contribution is 7.92. The van der Waals surface area contributed by atoms with Gasteiger partial charge in [0.2, 0.25) is 0 Å². The number of sulfonamides is 1. The van der Waals surface area contributed by atoms with Gasteiger partial charge in [-0.3, -0.25) is 4.72 Å². The maximum Gasteiger partial charge on any atom is 0.318 e. The standard InChI is InChI=1S/C14H13F2N3O3S/c1-17-14(20)18-9-5-7-10(8-6-9)19-23(21,22)13-11(15)3-2-4-12(13)16/h2-8,19H,1H3,(H2,17,18,20). The molecule has 2 aromatic rings. The van der Waals surface area contributed by atoms with Crippen molar-refractivity contribution in [3.05, 3.63) is 54.1 Å². The Morgan fingerprint density at radius 3 is 2.00 bits per heavy atom. The zero-order valence-corrected chi connectivity index (χ0v) is 12.7. The first-order valence-electron chi connectivity index (χ1n) is 6.39. The summed E-state index contributed by atoms with van der Waals surface area (Å²) in [5.74, 6) is -2.37. The Kier molecular flexibility index (Phi) is 4.80. The number of hydrogen-bond acceptors (Lipinski definition) is 3. The minimum Gasteiger partial charge on any atom is -0.341 e. The van der Waals surface area contributed by atoms with Crippen LogP contribution in [-0.4, -0.2) is 21.5 Å². The molecule has 6 nitrogen and oxygen atoms in total. The van der Waals surface area contributed by atoms with Gasteiger partial charge < -0.3 is 10.6 Å². The largest absolute Gasteiger partial charge is 0.341 e. The van der Waals surface area contributed by atoms with Crippen LogP contribution in [0.3, 0.4) is 0 Å². The number of rotatable bonds is 4. The Morgan fingerprint density at radius 2 is 1.48 bits per heavy atom. The normalized spacial score (nSPS) is 10.9. The number of halogens is 2. The van der Waals surface area contributed by atoms with Gasteiger partial charge in [-0.05, 0) is 36.4 Å². The summed E-state index contributed by atoms with van der Waals surface area (Å²) in [4.78, 5) is 10.1. The van der Waals surface area contributed by atoms with E-state index in [0.717, 1.165) is 18.2 Å². The van der Waals surface area contributed by atoms with Crippen molar-refractivity contribution in [1.82, 2.24) is 5.32 Å². The molecule has 0 aliphatic carbocycles. The summed E-state index contributed by atoms with van der Waals surface area (Å²) in [6.45, 7) is 0. The lowest BCUT2D eigenvalue weighted by Crippen LogP contribution is -2.24.